The summed E-state index contributed by atoms with van der Waals surface area (Å²) >= 11 is 0. The Morgan fingerprint density at radius 1 is 0.280 bits per heavy atom. The molecule has 0 unspecified atom stereocenters. The molecule has 0 N–H and O–H groups in total. The van der Waals surface area contributed by atoms with Crippen molar-refractivity contribution in [1.82, 2.24) is 9.13 Å². The third-order valence-electron chi connectivity index (χ3n) is 19.0. The van der Waals surface area contributed by atoms with Crippen molar-refractivity contribution < 1.29 is 0 Å². The van der Waals surface area contributed by atoms with Gasteiger partial charge < -0.3 is 18.9 Å². The second kappa shape index (κ2) is 16.7. The summed E-state index contributed by atoms with van der Waals surface area (Å²) in [5.74, 6) is 0. The van der Waals surface area contributed by atoms with Gasteiger partial charge in [-0.05, 0) is 209 Å². The number of hydrogen-bond acceptors (Lipinski definition) is 2. The van der Waals surface area contributed by atoms with Crippen LogP contribution in [-0.2, 0) is 0 Å². The molecule has 0 bridgehead atoms. The van der Waals surface area contributed by atoms with Gasteiger partial charge in [-0.25, -0.2) is 0 Å². The maximum atomic E-state index is 2.79. The fraction of sp³-hybridized carbons (Fsp3) is 0.132. The lowest BCUT2D eigenvalue weighted by molar-refractivity contribution is 1.11. The van der Waals surface area contributed by atoms with Crippen molar-refractivity contribution in [3.05, 3.63) is 238 Å². The summed E-state index contributed by atoms with van der Waals surface area (Å²) in [7, 11) is 0. The molecule has 11 aromatic carbocycles. The molecular formula is C76H60B2N4. The zero-order valence-corrected chi connectivity index (χ0v) is 48.3. The Balaban J connectivity index is 1.22. The molecule has 0 fully saturated rings. The van der Waals surface area contributed by atoms with E-state index >= 15 is 0 Å². The first kappa shape index (κ1) is 47.5. The minimum Gasteiger partial charge on any atom is -0.312 e. The maximum absolute atomic E-state index is 2.79. The van der Waals surface area contributed by atoms with Crippen LogP contribution in [0.4, 0.5) is 34.1 Å². The van der Waals surface area contributed by atoms with Crippen LogP contribution in [0.15, 0.2) is 182 Å². The number of rotatable bonds is 5. The van der Waals surface area contributed by atoms with E-state index in [-0.39, 0.29) is 13.4 Å². The number of hydrogen-bond donors (Lipinski definition) is 0. The van der Waals surface area contributed by atoms with Crippen LogP contribution in [0.1, 0.15) is 55.6 Å². The van der Waals surface area contributed by atoms with E-state index in [4.69, 9.17) is 0 Å². The molecule has 0 atom stereocenters. The highest BCUT2D eigenvalue weighted by Gasteiger charge is 2.54. The van der Waals surface area contributed by atoms with Crippen molar-refractivity contribution in [3.8, 4) is 33.6 Å². The number of aromatic nitrogens is 2. The van der Waals surface area contributed by atoms with Gasteiger partial charge in [0, 0.05) is 50.0 Å². The highest BCUT2D eigenvalue weighted by Crippen LogP contribution is 2.53. The Bertz CT molecular complexity index is 4620. The van der Waals surface area contributed by atoms with Crippen LogP contribution in [0.3, 0.4) is 0 Å². The molecular weight excluding hydrogens is 990 g/mol. The van der Waals surface area contributed by atoms with Crippen molar-refractivity contribution in [3.63, 3.8) is 0 Å². The van der Waals surface area contributed by atoms with Gasteiger partial charge in [0.25, 0.3) is 13.4 Å². The predicted octanol–water partition coefficient (Wildman–Crippen LogP) is 15.5. The van der Waals surface area contributed by atoms with Crippen molar-refractivity contribution in [2.45, 2.75) is 69.2 Å². The monoisotopic (exact) mass is 1050 g/mol. The topological polar surface area (TPSA) is 16.3 Å². The normalized spacial score (nSPS) is 13.2. The Labute approximate surface area is 480 Å². The molecule has 6 heterocycles. The smallest absolute Gasteiger partial charge is 0.251 e. The van der Waals surface area contributed by atoms with E-state index in [1.807, 2.05) is 0 Å². The van der Waals surface area contributed by atoms with Crippen molar-refractivity contribution in [2.75, 3.05) is 9.80 Å². The molecule has 82 heavy (non-hydrogen) atoms. The van der Waals surface area contributed by atoms with Gasteiger partial charge in [-0.2, -0.15) is 0 Å². The van der Waals surface area contributed by atoms with E-state index in [0.29, 0.717) is 0 Å². The lowest BCUT2D eigenvalue weighted by Gasteiger charge is -2.46. The van der Waals surface area contributed by atoms with Crippen molar-refractivity contribution in [1.29, 1.82) is 0 Å². The number of aryl methyl sites for hydroxylation is 10. The maximum Gasteiger partial charge on any atom is 0.251 e. The Hall–Kier alpha value is -9.25. The Morgan fingerprint density at radius 3 is 0.963 bits per heavy atom. The third-order valence-corrected chi connectivity index (χ3v) is 19.0. The van der Waals surface area contributed by atoms with Gasteiger partial charge in [-0.1, -0.05) is 152 Å². The fourth-order valence-corrected chi connectivity index (χ4v) is 15.5. The zero-order chi connectivity index (χ0) is 55.5. The number of anilines is 6. The standard InChI is InChI=1S/C76H60B2N4/c1-41-11-21-51(22-12-41)79(52-23-13-42(2)14-24-52)76-74(80-63-27-17-45(5)33-55(63)56-34-46(6)18-28-64(56)80)71-73-72(75(76)81-65-29-19-47(7)35-57(65)58-36-48(8)20-30-66(58)81)78-62-26-16-44(4)32-54(62)60-38-50(10)40-68(70(60)78)82(73)67-39-49(9)37-59-53-31-43(3)15-25-61(53)77(71)69(59)67/h11-40H,1-10H3. The van der Waals surface area contributed by atoms with Crippen molar-refractivity contribution >= 4 is 124 Å². The van der Waals surface area contributed by atoms with Gasteiger partial charge in [-0.3, -0.25) is 0 Å². The van der Waals surface area contributed by atoms with Crippen molar-refractivity contribution in [2.24, 2.45) is 0 Å². The zero-order valence-electron chi connectivity index (χ0n) is 48.3. The minimum absolute atomic E-state index is 0.122. The fourth-order valence-electron chi connectivity index (χ4n) is 15.5. The predicted molar refractivity (Wildman–Crippen MR) is 352 cm³/mol. The summed E-state index contributed by atoms with van der Waals surface area (Å²) in [4.78, 5) is 5.45. The lowest BCUT2D eigenvalue weighted by Crippen LogP contribution is -2.64. The molecule has 6 heteroatoms. The van der Waals surface area contributed by atoms with Gasteiger partial charge in [0.15, 0.2) is 0 Å². The second-order valence-corrected chi connectivity index (χ2v) is 24.9. The molecule has 2 aromatic heterocycles. The van der Waals surface area contributed by atoms with E-state index < -0.39 is 0 Å². The molecule has 0 aliphatic carbocycles. The van der Waals surface area contributed by atoms with Gasteiger partial charge in [0.2, 0.25) is 0 Å². The molecule has 0 saturated carbocycles. The molecule has 0 amide bonds. The highest BCUT2D eigenvalue weighted by molar-refractivity contribution is 7.06. The summed E-state index contributed by atoms with van der Waals surface area (Å²) in [6, 6.07) is 72.1. The van der Waals surface area contributed by atoms with E-state index in [1.54, 1.807) is 0 Å². The number of fused-ring (bicyclic) bond motifs is 16. The van der Waals surface area contributed by atoms with E-state index in [0.717, 1.165) is 17.1 Å². The van der Waals surface area contributed by atoms with Crippen LogP contribution in [0.25, 0.3) is 77.2 Å². The largest absolute Gasteiger partial charge is 0.312 e. The van der Waals surface area contributed by atoms with Crippen LogP contribution in [0.2, 0.25) is 0 Å². The molecule has 390 valence electrons. The first-order chi connectivity index (χ1) is 39.8. The van der Waals surface area contributed by atoms with Gasteiger partial charge >= 0.3 is 0 Å². The van der Waals surface area contributed by atoms with E-state index in [1.165, 1.54) is 183 Å². The van der Waals surface area contributed by atoms with E-state index in [2.05, 4.69) is 270 Å². The molecule has 0 spiro atoms. The molecule has 4 nitrogen and oxygen atoms in total. The molecule has 4 aliphatic rings. The van der Waals surface area contributed by atoms with Gasteiger partial charge in [-0.15, -0.1) is 0 Å². The molecule has 4 aliphatic heterocycles. The lowest BCUT2D eigenvalue weighted by atomic mass is 9.31. The molecule has 0 radical (unpaired) electrons. The summed E-state index contributed by atoms with van der Waals surface area (Å²) in [6.07, 6.45) is 0. The average Bonchev–Trinajstić information content (AvgIpc) is 1.95. The van der Waals surface area contributed by atoms with Gasteiger partial charge in [0.05, 0.1) is 39.1 Å². The van der Waals surface area contributed by atoms with Crippen LogP contribution in [0.5, 0.6) is 0 Å². The first-order valence-corrected chi connectivity index (χ1v) is 29.3. The SMILES string of the molecule is Cc1ccc(N(c2ccc(C)cc2)c2c(-n3c4ccc(C)cc4c4cc(C)ccc43)c3c4c(c2-n2c5ccc(C)cc5c5cc(C)ccc52)B2c5ccc(C)cc5-c5cc(C)cc(c52)N4c2cc(C)cc4c2B3c2ccc(C)cc2-4)cc1. The Kier molecular flexibility index (Phi) is 9.67. The number of nitrogens with zero attached hydrogens (tertiary/aromatic N) is 4. The van der Waals surface area contributed by atoms with Gasteiger partial charge in [0.1, 0.15) is 0 Å². The van der Waals surface area contributed by atoms with Crippen LogP contribution in [0, 0.1) is 69.2 Å². The summed E-state index contributed by atoms with van der Waals surface area (Å²) in [5, 5.41) is 5.03. The van der Waals surface area contributed by atoms with Crippen LogP contribution in [-0.4, -0.2) is 22.6 Å². The molecule has 0 saturated heterocycles. The average molecular weight is 1050 g/mol. The summed E-state index contributed by atoms with van der Waals surface area (Å²) in [6.45, 7) is 22.3. The number of benzene rings is 11. The highest BCUT2D eigenvalue weighted by atomic mass is 15.2. The summed E-state index contributed by atoms with van der Waals surface area (Å²) in [5.41, 5.74) is 40.3. The first-order valence-electron chi connectivity index (χ1n) is 29.3. The Morgan fingerprint density at radius 2 is 0.598 bits per heavy atom. The molecule has 17 rings (SSSR count). The quantitative estimate of drug-likeness (QED) is 0.160. The third kappa shape index (κ3) is 6.35. The van der Waals surface area contributed by atoms with Crippen LogP contribution >= 0.6 is 0 Å². The minimum atomic E-state index is -0.122. The second-order valence-electron chi connectivity index (χ2n) is 24.9. The summed E-state index contributed by atoms with van der Waals surface area (Å²) < 4.78 is 5.45. The molecule has 13 aromatic rings. The van der Waals surface area contributed by atoms with E-state index in [9.17, 15) is 0 Å². The van der Waals surface area contributed by atoms with Crippen LogP contribution < -0.4 is 42.6 Å².